The molecule has 4 heteroatoms. The first-order chi connectivity index (χ1) is 12.6. The quantitative estimate of drug-likeness (QED) is 0.641. The zero-order valence-corrected chi connectivity index (χ0v) is 16.2. The summed E-state index contributed by atoms with van der Waals surface area (Å²) in [4.78, 5) is 16.0. The Bertz CT molecular complexity index is 991. The topological polar surface area (TPSA) is 42.1 Å². The molecule has 0 bridgehead atoms. The average molecular weight is 370 g/mol. The van der Waals surface area contributed by atoms with Crippen molar-refractivity contribution in [3.05, 3.63) is 74.0 Å². The molecule has 0 amide bonds. The van der Waals surface area contributed by atoms with Gasteiger partial charge in [0.15, 0.2) is 0 Å². The van der Waals surface area contributed by atoms with Crippen LogP contribution in [0, 0.1) is 0 Å². The van der Waals surface area contributed by atoms with Crippen molar-refractivity contribution in [3.8, 4) is 5.75 Å². The first-order valence-corrected chi connectivity index (χ1v) is 9.44. The van der Waals surface area contributed by atoms with E-state index in [2.05, 4.69) is 24.9 Å². The number of methoxy groups -OCH3 is 1. The van der Waals surface area contributed by atoms with Crippen molar-refractivity contribution in [1.82, 2.24) is 4.98 Å². The van der Waals surface area contributed by atoms with Crippen LogP contribution in [0.15, 0.2) is 41.2 Å². The molecular weight excluding hydrogens is 346 g/mol. The molecule has 0 unspecified atom stereocenters. The Labute approximate surface area is 159 Å². The highest BCUT2D eigenvalue weighted by atomic mass is 35.5. The second-order valence-electron chi connectivity index (χ2n) is 6.53. The van der Waals surface area contributed by atoms with Crippen LogP contribution in [0.1, 0.15) is 42.5 Å². The summed E-state index contributed by atoms with van der Waals surface area (Å²) in [5.41, 5.74) is 5.05. The van der Waals surface area contributed by atoms with Crippen LogP contribution in [0.5, 0.6) is 5.75 Å². The molecule has 0 atom stereocenters. The first-order valence-electron chi connectivity index (χ1n) is 9.06. The number of H-pyrrole nitrogens is 1. The molecule has 0 radical (unpaired) electrons. The van der Waals surface area contributed by atoms with E-state index in [1.807, 2.05) is 30.3 Å². The fourth-order valence-corrected chi connectivity index (χ4v) is 3.79. The number of rotatable bonds is 6. The molecule has 136 valence electrons. The third-order valence-electron chi connectivity index (χ3n) is 4.77. The summed E-state index contributed by atoms with van der Waals surface area (Å²) in [5, 5.41) is 1.85. The molecule has 1 N–H and O–H groups in total. The Morgan fingerprint density at radius 1 is 1.12 bits per heavy atom. The van der Waals surface area contributed by atoms with Crippen LogP contribution in [0.3, 0.4) is 0 Å². The van der Waals surface area contributed by atoms with Crippen LogP contribution in [0.4, 0.5) is 0 Å². The van der Waals surface area contributed by atoms with Gasteiger partial charge in [-0.15, -0.1) is 0 Å². The number of fused-ring (bicyclic) bond motifs is 1. The summed E-state index contributed by atoms with van der Waals surface area (Å²) in [5.74, 6) is 0.773. The van der Waals surface area contributed by atoms with Crippen molar-refractivity contribution >= 4 is 22.5 Å². The largest absolute Gasteiger partial charge is 0.497 e. The van der Waals surface area contributed by atoms with Crippen molar-refractivity contribution in [2.75, 3.05) is 7.11 Å². The Hall–Kier alpha value is -2.26. The van der Waals surface area contributed by atoms with Crippen molar-refractivity contribution in [1.29, 1.82) is 0 Å². The third-order valence-corrected chi connectivity index (χ3v) is 5.00. The van der Waals surface area contributed by atoms with Crippen molar-refractivity contribution in [3.63, 3.8) is 0 Å². The summed E-state index contributed by atoms with van der Waals surface area (Å²) in [6.45, 7) is 4.27. The van der Waals surface area contributed by atoms with Gasteiger partial charge in [-0.3, -0.25) is 4.79 Å². The standard InChI is InChI=1S/C22H24ClNO2/c1-4-7-18-19(11-14-8-6-9-16(23)10-14)22(25)24-20-13-17(26-3)12-15(5-2)21(18)20/h6,8-10,12-13H,4-5,7,11H2,1-3H3,(H,24,25). The van der Waals surface area contributed by atoms with Crippen LogP contribution in [-0.4, -0.2) is 12.1 Å². The van der Waals surface area contributed by atoms with Crippen LogP contribution in [0.25, 0.3) is 10.9 Å². The number of halogens is 1. The fraction of sp³-hybridized carbons (Fsp3) is 0.318. The summed E-state index contributed by atoms with van der Waals surface area (Å²) in [7, 11) is 1.65. The van der Waals surface area contributed by atoms with Gasteiger partial charge in [-0.1, -0.05) is 44.0 Å². The molecule has 0 spiro atoms. The predicted octanol–water partition coefficient (Wildman–Crippen LogP) is 5.30. The van der Waals surface area contributed by atoms with Gasteiger partial charge in [-0.05, 0) is 47.7 Å². The van der Waals surface area contributed by atoms with Gasteiger partial charge in [-0.25, -0.2) is 0 Å². The van der Waals surface area contributed by atoms with Crippen LogP contribution in [-0.2, 0) is 19.3 Å². The van der Waals surface area contributed by atoms with E-state index in [1.54, 1.807) is 7.11 Å². The van der Waals surface area contributed by atoms with E-state index in [-0.39, 0.29) is 5.56 Å². The first kappa shape index (κ1) is 18.5. The van der Waals surface area contributed by atoms with E-state index in [0.717, 1.165) is 52.6 Å². The van der Waals surface area contributed by atoms with Gasteiger partial charge in [-0.2, -0.15) is 0 Å². The Balaban J connectivity index is 2.26. The Morgan fingerprint density at radius 3 is 2.58 bits per heavy atom. The molecule has 3 rings (SSSR count). The number of aromatic nitrogens is 1. The number of pyridine rings is 1. The lowest BCUT2D eigenvalue weighted by Gasteiger charge is -2.16. The van der Waals surface area contributed by atoms with Gasteiger partial charge >= 0.3 is 0 Å². The maximum atomic E-state index is 12.9. The molecule has 0 aliphatic rings. The van der Waals surface area contributed by atoms with Crippen LogP contribution >= 0.6 is 11.6 Å². The van der Waals surface area contributed by atoms with E-state index in [9.17, 15) is 4.79 Å². The zero-order valence-electron chi connectivity index (χ0n) is 15.5. The minimum Gasteiger partial charge on any atom is -0.497 e. The number of ether oxygens (including phenoxy) is 1. The summed E-state index contributed by atoms with van der Waals surface area (Å²) in [6.07, 6.45) is 3.31. The van der Waals surface area contributed by atoms with Gasteiger partial charge in [0.1, 0.15) is 5.75 Å². The lowest BCUT2D eigenvalue weighted by molar-refractivity contribution is 0.415. The molecule has 0 aliphatic heterocycles. The van der Waals surface area contributed by atoms with E-state index in [0.29, 0.717) is 11.4 Å². The van der Waals surface area contributed by atoms with E-state index < -0.39 is 0 Å². The summed E-state index contributed by atoms with van der Waals surface area (Å²) < 4.78 is 5.41. The molecular formula is C22H24ClNO2. The van der Waals surface area contributed by atoms with E-state index >= 15 is 0 Å². The second-order valence-corrected chi connectivity index (χ2v) is 6.97. The highest BCUT2D eigenvalue weighted by Gasteiger charge is 2.16. The number of aryl methyl sites for hydroxylation is 2. The molecule has 26 heavy (non-hydrogen) atoms. The summed E-state index contributed by atoms with van der Waals surface area (Å²) >= 11 is 6.13. The molecule has 0 saturated heterocycles. The van der Waals surface area contributed by atoms with E-state index in [1.165, 1.54) is 5.56 Å². The van der Waals surface area contributed by atoms with Crippen molar-refractivity contribution < 1.29 is 4.74 Å². The smallest absolute Gasteiger partial charge is 0.252 e. The fourth-order valence-electron chi connectivity index (χ4n) is 3.57. The average Bonchev–Trinajstić information content (AvgIpc) is 2.63. The molecule has 1 aromatic heterocycles. The molecule has 2 aromatic carbocycles. The predicted molar refractivity (Wildman–Crippen MR) is 109 cm³/mol. The molecule has 0 saturated carbocycles. The lowest BCUT2D eigenvalue weighted by Crippen LogP contribution is -2.17. The molecule has 1 heterocycles. The maximum Gasteiger partial charge on any atom is 0.252 e. The number of benzene rings is 2. The van der Waals surface area contributed by atoms with Crippen LogP contribution < -0.4 is 10.3 Å². The van der Waals surface area contributed by atoms with Gasteiger partial charge in [0.05, 0.1) is 12.6 Å². The van der Waals surface area contributed by atoms with Crippen molar-refractivity contribution in [2.24, 2.45) is 0 Å². The highest BCUT2D eigenvalue weighted by molar-refractivity contribution is 6.30. The number of aromatic amines is 1. The number of hydrogen-bond acceptors (Lipinski definition) is 2. The molecule has 0 aliphatic carbocycles. The monoisotopic (exact) mass is 369 g/mol. The van der Waals surface area contributed by atoms with Crippen molar-refractivity contribution in [2.45, 2.75) is 39.5 Å². The zero-order chi connectivity index (χ0) is 18.7. The normalized spacial score (nSPS) is 11.1. The third kappa shape index (κ3) is 3.63. The molecule has 3 aromatic rings. The van der Waals surface area contributed by atoms with Gasteiger partial charge < -0.3 is 9.72 Å². The molecule has 3 nitrogen and oxygen atoms in total. The van der Waals surface area contributed by atoms with Gasteiger partial charge in [0.2, 0.25) is 0 Å². The minimum atomic E-state index is -0.0313. The highest BCUT2D eigenvalue weighted by Crippen LogP contribution is 2.30. The summed E-state index contributed by atoms with van der Waals surface area (Å²) in [6, 6.07) is 11.7. The number of nitrogens with one attached hydrogen (secondary N) is 1. The van der Waals surface area contributed by atoms with Crippen LogP contribution in [0.2, 0.25) is 5.02 Å². The van der Waals surface area contributed by atoms with E-state index in [4.69, 9.17) is 16.3 Å². The Morgan fingerprint density at radius 2 is 1.92 bits per heavy atom. The lowest BCUT2D eigenvalue weighted by atomic mass is 9.91. The molecule has 0 fully saturated rings. The SMILES string of the molecule is CCCc1c(Cc2cccc(Cl)c2)c(=O)[nH]c2cc(OC)cc(CC)c12. The minimum absolute atomic E-state index is 0.0313. The maximum absolute atomic E-state index is 12.9. The van der Waals surface area contributed by atoms with Gasteiger partial charge in [0, 0.05) is 28.5 Å². The number of hydrogen-bond donors (Lipinski definition) is 1. The second kappa shape index (κ2) is 7.96. The Kier molecular flexibility index (Phi) is 5.67. The van der Waals surface area contributed by atoms with Gasteiger partial charge in [0.25, 0.3) is 5.56 Å².